The summed E-state index contributed by atoms with van der Waals surface area (Å²) in [6.07, 6.45) is 3.42. The van der Waals surface area contributed by atoms with Gasteiger partial charge in [0.05, 0.1) is 12.1 Å². The van der Waals surface area contributed by atoms with Gasteiger partial charge in [0.25, 0.3) is 5.91 Å². The summed E-state index contributed by atoms with van der Waals surface area (Å²) in [4.78, 5) is 15.8. The Labute approximate surface area is 112 Å². The SMILES string of the molecule is Cn1ccnc1CNC(=O)c1ccc(Br)cc1F. The summed E-state index contributed by atoms with van der Waals surface area (Å²) in [6.45, 7) is 0.262. The van der Waals surface area contributed by atoms with E-state index in [1.165, 1.54) is 12.1 Å². The van der Waals surface area contributed by atoms with Crippen LogP contribution >= 0.6 is 15.9 Å². The standard InChI is InChI=1S/C12H11BrFN3O/c1-17-5-4-15-11(17)7-16-12(18)9-3-2-8(13)6-10(9)14/h2-6H,7H2,1H3,(H,16,18). The fourth-order valence-electron chi connectivity index (χ4n) is 1.50. The quantitative estimate of drug-likeness (QED) is 0.945. The van der Waals surface area contributed by atoms with Crippen molar-refractivity contribution in [3.8, 4) is 0 Å². The van der Waals surface area contributed by atoms with Crippen molar-refractivity contribution < 1.29 is 9.18 Å². The third-order valence-electron chi connectivity index (χ3n) is 2.50. The average molecular weight is 312 g/mol. The Balaban J connectivity index is 2.06. The van der Waals surface area contributed by atoms with E-state index >= 15 is 0 Å². The third-order valence-corrected chi connectivity index (χ3v) is 3.00. The molecule has 1 amide bonds. The van der Waals surface area contributed by atoms with Gasteiger partial charge in [0.2, 0.25) is 0 Å². The van der Waals surface area contributed by atoms with E-state index < -0.39 is 11.7 Å². The van der Waals surface area contributed by atoms with Crippen molar-refractivity contribution in [1.29, 1.82) is 0 Å². The fraction of sp³-hybridized carbons (Fsp3) is 0.167. The molecule has 0 atom stereocenters. The first kappa shape index (κ1) is 12.8. The maximum Gasteiger partial charge on any atom is 0.254 e. The molecule has 1 aromatic heterocycles. The second-order valence-electron chi connectivity index (χ2n) is 3.76. The number of benzene rings is 1. The summed E-state index contributed by atoms with van der Waals surface area (Å²) < 4.78 is 15.9. The second kappa shape index (κ2) is 5.30. The summed E-state index contributed by atoms with van der Waals surface area (Å²) in [5.41, 5.74) is 0.0207. The summed E-state index contributed by atoms with van der Waals surface area (Å²) in [5, 5.41) is 2.62. The van der Waals surface area contributed by atoms with Gasteiger partial charge in [-0.2, -0.15) is 0 Å². The fourth-order valence-corrected chi connectivity index (χ4v) is 1.83. The molecule has 0 saturated heterocycles. The van der Waals surface area contributed by atoms with Gasteiger partial charge in [-0.1, -0.05) is 15.9 Å². The van der Waals surface area contributed by atoms with E-state index in [4.69, 9.17) is 0 Å². The molecule has 2 aromatic rings. The summed E-state index contributed by atoms with van der Waals surface area (Å²) in [5.74, 6) is -0.300. The lowest BCUT2D eigenvalue weighted by Crippen LogP contribution is -2.25. The average Bonchev–Trinajstić information content (AvgIpc) is 2.72. The lowest BCUT2D eigenvalue weighted by molar-refractivity contribution is 0.0945. The molecule has 0 bridgehead atoms. The van der Waals surface area contributed by atoms with Crippen molar-refractivity contribution in [2.24, 2.45) is 7.05 Å². The molecule has 0 saturated carbocycles. The zero-order chi connectivity index (χ0) is 13.1. The van der Waals surface area contributed by atoms with Crippen molar-refractivity contribution >= 4 is 21.8 Å². The number of aromatic nitrogens is 2. The zero-order valence-electron chi connectivity index (χ0n) is 9.65. The van der Waals surface area contributed by atoms with Crippen molar-refractivity contribution in [3.05, 3.63) is 52.3 Å². The van der Waals surface area contributed by atoms with Gasteiger partial charge in [-0.15, -0.1) is 0 Å². The molecule has 0 unspecified atom stereocenters. The molecule has 0 spiro atoms. The molecule has 6 heteroatoms. The Kier molecular flexibility index (Phi) is 3.76. The molecule has 0 aliphatic heterocycles. The van der Waals surface area contributed by atoms with Crippen LogP contribution in [0.4, 0.5) is 4.39 Å². The molecule has 94 valence electrons. The second-order valence-corrected chi connectivity index (χ2v) is 4.68. The van der Waals surface area contributed by atoms with Crippen molar-refractivity contribution in [2.45, 2.75) is 6.54 Å². The number of imidazole rings is 1. The summed E-state index contributed by atoms with van der Waals surface area (Å²) >= 11 is 3.14. The van der Waals surface area contributed by atoms with E-state index in [2.05, 4.69) is 26.2 Å². The number of amides is 1. The first-order valence-corrected chi connectivity index (χ1v) is 6.06. The number of halogens is 2. The van der Waals surface area contributed by atoms with Gasteiger partial charge >= 0.3 is 0 Å². The number of carbonyl (C=O) groups is 1. The highest BCUT2D eigenvalue weighted by Gasteiger charge is 2.12. The number of hydrogen-bond donors (Lipinski definition) is 1. The van der Waals surface area contributed by atoms with E-state index in [1.54, 1.807) is 23.0 Å². The van der Waals surface area contributed by atoms with Crippen LogP contribution in [0.1, 0.15) is 16.2 Å². The molecule has 0 radical (unpaired) electrons. The summed E-state index contributed by atoms with van der Waals surface area (Å²) in [6, 6.07) is 4.32. The van der Waals surface area contributed by atoms with E-state index in [0.717, 1.165) is 0 Å². The Morgan fingerprint density at radius 2 is 2.33 bits per heavy atom. The first-order valence-electron chi connectivity index (χ1n) is 5.27. The number of aryl methyl sites for hydroxylation is 1. The van der Waals surface area contributed by atoms with Crippen LogP contribution in [0.3, 0.4) is 0 Å². The number of nitrogens with one attached hydrogen (secondary N) is 1. The molecule has 0 aliphatic carbocycles. The van der Waals surface area contributed by atoms with Crippen LogP contribution in [0, 0.1) is 5.82 Å². The Morgan fingerprint density at radius 1 is 1.56 bits per heavy atom. The zero-order valence-corrected chi connectivity index (χ0v) is 11.2. The maximum atomic E-state index is 13.5. The molecule has 4 nitrogen and oxygen atoms in total. The van der Waals surface area contributed by atoms with E-state index in [9.17, 15) is 9.18 Å². The normalized spacial score (nSPS) is 10.4. The monoisotopic (exact) mass is 311 g/mol. The number of nitrogens with zero attached hydrogens (tertiary/aromatic N) is 2. The number of rotatable bonds is 3. The van der Waals surface area contributed by atoms with Gasteiger partial charge in [0.1, 0.15) is 11.6 Å². The van der Waals surface area contributed by atoms with Gasteiger partial charge in [0, 0.05) is 23.9 Å². The molecular formula is C12H11BrFN3O. The molecule has 0 aliphatic rings. The van der Waals surface area contributed by atoms with E-state index in [0.29, 0.717) is 10.3 Å². The van der Waals surface area contributed by atoms with Crippen LogP contribution in [0.2, 0.25) is 0 Å². The highest BCUT2D eigenvalue weighted by atomic mass is 79.9. The first-order chi connectivity index (χ1) is 8.58. The van der Waals surface area contributed by atoms with Crippen molar-refractivity contribution in [3.63, 3.8) is 0 Å². The highest BCUT2D eigenvalue weighted by Crippen LogP contribution is 2.15. The van der Waals surface area contributed by atoms with Gasteiger partial charge in [0.15, 0.2) is 0 Å². The van der Waals surface area contributed by atoms with Crippen LogP contribution in [0.25, 0.3) is 0 Å². The lowest BCUT2D eigenvalue weighted by atomic mass is 10.2. The Bertz CT molecular complexity index is 582. The third kappa shape index (κ3) is 2.76. The predicted octanol–water partition coefficient (Wildman–Crippen LogP) is 2.25. The topological polar surface area (TPSA) is 46.9 Å². The van der Waals surface area contributed by atoms with Crippen LogP contribution in [0.15, 0.2) is 35.1 Å². The Hall–Kier alpha value is -1.69. The van der Waals surface area contributed by atoms with Gasteiger partial charge < -0.3 is 9.88 Å². The predicted molar refractivity (Wildman–Crippen MR) is 68.5 cm³/mol. The summed E-state index contributed by atoms with van der Waals surface area (Å²) in [7, 11) is 1.83. The number of carbonyl (C=O) groups excluding carboxylic acids is 1. The van der Waals surface area contributed by atoms with Crippen LogP contribution in [-0.2, 0) is 13.6 Å². The minimum atomic E-state index is -0.554. The minimum absolute atomic E-state index is 0.0207. The van der Waals surface area contributed by atoms with Crippen molar-refractivity contribution in [2.75, 3.05) is 0 Å². The molecule has 1 heterocycles. The molecule has 0 fully saturated rings. The van der Waals surface area contributed by atoms with E-state index in [1.807, 2.05) is 7.05 Å². The van der Waals surface area contributed by atoms with Gasteiger partial charge in [-0.05, 0) is 18.2 Å². The van der Waals surface area contributed by atoms with E-state index in [-0.39, 0.29) is 12.1 Å². The van der Waals surface area contributed by atoms with Gasteiger partial charge in [-0.3, -0.25) is 4.79 Å². The highest BCUT2D eigenvalue weighted by molar-refractivity contribution is 9.10. The smallest absolute Gasteiger partial charge is 0.254 e. The van der Waals surface area contributed by atoms with Gasteiger partial charge in [-0.25, -0.2) is 9.37 Å². The Morgan fingerprint density at radius 3 is 2.94 bits per heavy atom. The maximum absolute atomic E-state index is 13.5. The minimum Gasteiger partial charge on any atom is -0.345 e. The largest absolute Gasteiger partial charge is 0.345 e. The molecule has 18 heavy (non-hydrogen) atoms. The van der Waals surface area contributed by atoms with Crippen LogP contribution < -0.4 is 5.32 Å². The molecule has 2 rings (SSSR count). The number of hydrogen-bond acceptors (Lipinski definition) is 2. The molecular weight excluding hydrogens is 301 g/mol. The van der Waals surface area contributed by atoms with Crippen LogP contribution in [-0.4, -0.2) is 15.5 Å². The lowest BCUT2D eigenvalue weighted by Gasteiger charge is -2.06. The molecule has 1 aromatic carbocycles. The van der Waals surface area contributed by atoms with Crippen LogP contribution in [0.5, 0.6) is 0 Å². The molecule has 1 N–H and O–H groups in total. The van der Waals surface area contributed by atoms with Crippen molar-refractivity contribution in [1.82, 2.24) is 14.9 Å².